The average molecular weight is 349 g/mol. The molecule has 0 atom stereocenters. The maximum Gasteiger partial charge on any atom is 0.274 e. The Kier molecular flexibility index (Phi) is 4.35. The number of aryl methyl sites for hydroxylation is 1. The molecule has 3 aromatic rings. The van der Waals surface area contributed by atoms with Crippen molar-refractivity contribution in [2.24, 2.45) is 0 Å². The number of hydrogen-bond acceptors (Lipinski definition) is 5. The molecular weight excluding hydrogens is 330 g/mol. The Morgan fingerprint density at radius 1 is 1.15 bits per heavy atom. The fourth-order valence-electron chi connectivity index (χ4n) is 2.88. The Labute approximate surface area is 151 Å². The highest BCUT2D eigenvalue weighted by atomic mass is 16.5. The quantitative estimate of drug-likeness (QED) is 0.722. The molecular formula is C19H19N5O2. The average Bonchev–Trinajstić information content (AvgIpc) is 3.09. The van der Waals surface area contributed by atoms with Gasteiger partial charge in [-0.25, -0.2) is 4.98 Å². The lowest BCUT2D eigenvalue weighted by Crippen LogP contribution is -2.38. The van der Waals surface area contributed by atoms with E-state index in [0.717, 1.165) is 17.0 Å². The molecule has 0 N–H and O–H groups in total. The summed E-state index contributed by atoms with van der Waals surface area (Å²) in [7, 11) is 0. The van der Waals surface area contributed by atoms with E-state index in [1.807, 2.05) is 48.0 Å². The van der Waals surface area contributed by atoms with Crippen LogP contribution in [0.2, 0.25) is 0 Å². The van der Waals surface area contributed by atoms with E-state index in [9.17, 15) is 4.79 Å². The predicted octanol–water partition coefficient (Wildman–Crippen LogP) is 2.22. The molecule has 1 aliphatic rings. The van der Waals surface area contributed by atoms with E-state index in [1.54, 1.807) is 11.1 Å². The van der Waals surface area contributed by atoms with Gasteiger partial charge in [-0.3, -0.25) is 14.5 Å². The van der Waals surface area contributed by atoms with Gasteiger partial charge in [-0.15, -0.1) is 5.10 Å². The van der Waals surface area contributed by atoms with Crippen molar-refractivity contribution in [3.05, 3.63) is 71.4 Å². The molecule has 0 bridgehead atoms. The van der Waals surface area contributed by atoms with Gasteiger partial charge in [0.15, 0.2) is 0 Å². The summed E-state index contributed by atoms with van der Waals surface area (Å²) in [5.41, 5.74) is 3.20. The van der Waals surface area contributed by atoms with Crippen LogP contribution in [0.25, 0.3) is 0 Å². The maximum absolute atomic E-state index is 12.6. The van der Waals surface area contributed by atoms with Crippen LogP contribution in [0, 0.1) is 6.92 Å². The van der Waals surface area contributed by atoms with E-state index in [-0.39, 0.29) is 5.91 Å². The summed E-state index contributed by atoms with van der Waals surface area (Å²) in [6, 6.07) is 11.9. The molecule has 3 heterocycles. The van der Waals surface area contributed by atoms with Gasteiger partial charge < -0.3 is 9.64 Å². The molecule has 0 spiro atoms. The van der Waals surface area contributed by atoms with Gasteiger partial charge in [0.25, 0.3) is 5.91 Å². The van der Waals surface area contributed by atoms with Crippen LogP contribution < -0.4 is 4.74 Å². The molecule has 0 saturated carbocycles. The molecule has 0 unspecified atom stereocenters. The summed E-state index contributed by atoms with van der Waals surface area (Å²) in [6.07, 6.45) is 3.13. The van der Waals surface area contributed by atoms with Crippen LogP contribution >= 0.6 is 0 Å². The van der Waals surface area contributed by atoms with Crippen molar-refractivity contribution in [3.63, 3.8) is 0 Å². The van der Waals surface area contributed by atoms with Gasteiger partial charge in [0, 0.05) is 18.8 Å². The molecule has 26 heavy (non-hydrogen) atoms. The number of ether oxygens (including phenoxy) is 1. The van der Waals surface area contributed by atoms with Crippen LogP contribution in [0.15, 0.2) is 48.8 Å². The number of amides is 1. The molecule has 1 aliphatic heterocycles. The van der Waals surface area contributed by atoms with Crippen LogP contribution in [0.4, 0.5) is 0 Å². The van der Waals surface area contributed by atoms with E-state index in [2.05, 4.69) is 15.1 Å². The normalized spacial score (nSPS) is 13.3. The van der Waals surface area contributed by atoms with Gasteiger partial charge in [-0.2, -0.15) is 0 Å². The monoisotopic (exact) mass is 349 g/mol. The van der Waals surface area contributed by atoms with Gasteiger partial charge >= 0.3 is 0 Å². The first kappa shape index (κ1) is 16.3. The van der Waals surface area contributed by atoms with Crippen molar-refractivity contribution >= 4 is 5.91 Å². The van der Waals surface area contributed by atoms with Gasteiger partial charge in [0.1, 0.15) is 12.3 Å². The van der Waals surface area contributed by atoms with Crippen LogP contribution in [0.1, 0.15) is 27.4 Å². The second-order valence-corrected chi connectivity index (χ2v) is 6.24. The Morgan fingerprint density at radius 2 is 2.00 bits per heavy atom. The summed E-state index contributed by atoms with van der Waals surface area (Å²) in [5, 5.41) is 4.47. The first-order valence-electron chi connectivity index (χ1n) is 8.50. The van der Waals surface area contributed by atoms with Crippen molar-refractivity contribution < 1.29 is 9.53 Å². The summed E-state index contributed by atoms with van der Waals surface area (Å²) >= 11 is 0. The zero-order chi connectivity index (χ0) is 17.9. The molecule has 0 saturated heterocycles. The number of aromatic nitrogens is 4. The van der Waals surface area contributed by atoms with Gasteiger partial charge in [-0.1, -0.05) is 30.3 Å². The number of fused-ring (bicyclic) bond motifs is 1. The number of hydrogen-bond donors (Lipinski definition) is 0. The largest absolute Gasteiger partial charge is 0.472 e. The summed E-state index contributed by atoms with van der Waals surface area (Å²) in [6.45, 7) is 4.02. The van der Waals surface area contributed by atoms with Crippen LogP contribution in [0.3, 0.4) is 0 Å². The van der Waals surface area contributed by atoms with Crippen molar-refractivity contribution in [2.45, 2.75) is 26.6 Å². The number of rotatable bonds is 4. The Hall–Kier alpha value is -3.22. The zero-order valence-corrected chi connectivity index (χ0v) is 14.5. The molecule has 0 radical (unpaired) electrons. The third kappa shape index (κ3) is 3.42. The Morgan fingerprint density at radius 3 is 2.77 bits per heavy atom. The zero-order valence-electron chi connectivity index (χ0n) is 14.5. The lowest BCUT2D eigenvalue weighted by molar-refractivity contribution is 0.0699. The van der Waals surface area contributed by atoms with Gasteiger partial charge in [0.05, 0.1) is 30.7 Å². The molecule has 4 rings (SSSR count). The standard InChI is InChI=1S/C19H19N5O2/c1-14-10-21-17(11-20-14)19(25)23-7-8-24-16(12-23)9-18(22-24)26-13-15-5-3-2-4-6-15/h2-6,9-11H,7-8,12-13H2,1H3. The second-order valence-electron chi connectivity index (χ2n) is 6.24. The van der Waals surface area contributed by atoms with Crippen LogP contribution in [0.5, 0.6) is 5.88 Å². The number of benzene rings is 1. The van der Waals surface area contributed by atoms with Crippen LogP contribution in [-0.4, -0.2) is 37.1 Å². The molecule has 1 amide bonds. The second kappa shape index (κ2) is 6.95. The lowest BCUT2D eigenvalue weighted by Gasteiger charge is -2.27. The maximum atomic E-state index is 12.6. The van der Waals surface area contributed by atoms with E-state index in [4.69, 9.17) is 4.74 Å². The SMILES string of the molecule is Cc1cnc(C(=O)N2CCn3nc(OCc4ccccc4)cc3C2)cn1. The summed E-state index contributed by atoms with van der Waals surface area (Å²) in [4.78, 5) is 22.7. The van der Waals surface area contributed by atoms with Crippen molar-refractivity contribution in [1.82, 2.24) is 24.6 Å². The first-order valence-corrected chi connectivity index (χ1v) is 8.50. The Bertz CT molecular complexity index is 905. The topological polar surface area (TPSA) is 73.1 Å². The highest BCUT2D eigenvalue weighted by Gasteiger charge is 2.24. The summed E-state index contributed by atoms with van der Waals surface area (Å²) < 4.78 is 7.67. The van der Waals surface area contributed by atoms with E-state index < -0.39 is 0 Å². The van der Waals surface area contributed by atoms with E-state index in [0.29, 0.717) is 37.8 Å². The van der Waals surface area contributed by atoms with Gasteiger partial charge in [0.2, 0.25) is 5.88 Å². The highest BCUT2D eigenvalue weighted by molar-refractivity contribution is 5.92. The molecule has 132 valence electrons. The number of carbonyl (C=O) groups is 1. The number of carbonyl (C=O) groups excluding carboxylic acids is 1. The molecule has 0 fully saturated rings. The van der Waals surface area contributed by atoms with E-state index >= 15 is 0 Å². The fourth-order valence-corrected chi connectivity index (χ4v) is 2.88. The van der Waals surface area contributed by atoms with Gasteiger partial charge in [-0.05, 0) is 12.5 Å². The molecule has 2 aromatic heterocycles. The van der Waals surface area contributed by atoms with E-state index in [1.165, 1.54) is 6.20 Å². The lowest BCUT2D eigenvalue weighted by atomic mass is 10.2. The van der Waals surface area contributed by atoms with Crippen molar-refractivity contribution in [1.29, 1.82) is 0 Å². The molecule has 7 nitrogen and oxygen atoms in total. The van der Waals surface area contributed by atoms with Crippen LogP contribution in [-0.2, 0) is 19.7 Å². The molecule has 7 heteroatoms. The van der Waals surface area contributed by atoms with Crippen molar-refractivity contribution in [2.75, 3.05) is 6.54 Å². The smallest absolute Gasteiger partial charge is 0.274 e. The predicted molar refractivity (Wildman–Crippen MR) is 94.5 cm³/mol. The Balaban J connectivity index is 1.43. The molecule has 1 aromatic carbocycles. The third-order valence-electron chi connectivity index (χ3n) is 4.29. The number of nitrogens with zero attached hydrogens (tertiary/aromatic N) is 5. The highest BCUT2D eigenvalue weighted by Crippen LogP contribution is 2.20. The molecule has 0 aliphatic carbocycles. The first-order chi connectivity index (χ1) is 12.7. The van der Waals surface area contributed by atoms with Crippen molar-refractivity contribution in [3.8, 4) is 5.88 Å². The summed E-state index contributed by atoms with van der Waals surface area (Å²) in [5.74, 6) is 0.463. The third-order valence-corrected chi connectivity index (χ3v) is 4.29. The minimum absolute atomic E-state index is 0.114. The minimum Gasteiger partial charge on any atom is -0.472 e. The minimum atomic E-state index is -0.114. The fraction of sp³-hybridized carbons (Fsp3) is 0.263.